The lowest BCUT2D eigenvalue weighted by Crippen LogP contribution is -2.61. The Balaban J connectivity index is 2.70. The SMILES string of the molecule is CCCCCC=CCC=CCCCCCCC(O)CN(CCCCC1NC(=O)C(CCCCN(CC(O)CCCCCCC=CCC=CCCCCC)CC(O)CCCCCCC=CCC=CCCCCC)NC1=O)CC(O)CCCCCCC=CCC=CCCCCC. The van der Waals surface area contributed by atoms with Crippen molar-refractivity contribution in [2.75, 3.05) is 39.3 Å². The van der Waals surface area contributed by atoms with E-state index >= 15 is 0 Å². The van der Waals surface area contributed by atoms with Crippen LogP contribution >= 0.6 is 0 Å². The van der Waals surface area contributed by atoms with Crippen LogP contribution in [0.5, 0.6) is 0 Å². The van der Waals surface area contributed by atoms with Crippen molar-refractivity contribution in [1.82, 2.24) is 20.4 Å². The highest BCUT2D eigenvalue weighted by Gasteiger charge is 2.33. The molecule has 0 bridgehead atoms. The molecule has 6 atom stereocenters. The average Bonchev–Trinajstić information content (AvgIpc) is 0.942. The maximum atomic E-state index is 13.5. The summed E-state index contributed by atoms with van der Waals surface area (Å²) in [5.41, 5.74) is 0. The molecule has 0 spiro atoms. The fraction of sp³-hybridized carbons (Fsp3) is 0.786. The molecular formula is C84H152N4O6. The second-order valence-corrected chi connectivity index (χ2v) is 27.9. The van der Waals surface area contributed by atoms with Gasteiger partial charge in [0.05, 0.1) is 24.4 Å². The molecule has 10 nitrogen and oxygen atoms in total. The molecule has 544 valence electrons. The Morgan fingerprint density at radius 2 is 0.500 bits per heavy atom. The molecule has 1 rings (SSSR count). The van der Waals surface area contributed by atoms with E-state index in [4.69, 9.17) is 0 Å². The van der Waals surface area contributed by atoms with Crippen molar-refractivity contribution in [1.29, 1.82) is 0 Å². The van der Waals surface area contributed by atoms with Gasteiger partial charge in [0, 0.05) is 26.2 Å². The van der Waals surface area contributed by atoms with Gasteiger partial charge in [-0.3, -0.25) is 19.4 Å². The van der Waals surface area contributed by atoms with Gasteiger partial charge in [-0.2, -0.15) is 0 Å². The highest BCUT2D eigenvalue weighted by Crippen LogP contribution is 2.18. The zero-order valence-electron chi connectivity index (χ0n) is 61.8. The van der Waals surface area contributed by atoms with Gasteiger partial charge in [0.15, 0.2) is 0 Å². The third-order valence-corrected chi connectivity index (χ3v) is 18.5. The summed E-state index contributed by atoms with van der Waals surface area (Å²) < 4.78 is 0. The number of piperazine rings is 1. The molecule has 1 aliphatic heterocycles. The molecule has 2 amide bonds. The first kappa shape index (κ1) is 88.6. The summed E-state index contributed by atoms with van der Waals surface area (Å²) in [5, 5.41) is 51.2. The number of allylic oxidation sites excluding steroid dienone is 16. The second kappa shape index (κ2) is 69.5. The Labute approximate surface area is 581 Å². The minimum Gasteiger partial charge on any atom is -0.392 e. The summed E-state index contributed by atoms with van der Waals surface area (Å²) in [4.78, 5) is 31.5. The molecule has 1 aliphatic rings. The van der Waals surface area contributed by atoms with Crippen LogP contribution in [0.25, 0.3) is 0 Å². The summed E-state index contributed by atoms with van der Waals surface area (Å²) in [6.45, 7) is 12.5. The zero-order chi connectivity index (χ0) is 68.1. The van der Waals surface area contributed by atoms with E-state index in [9.17, 15) is 30.0 Å². The molecule has 1 heterocycles. The lowest BCUT2D eigenvalue weighted by atomic mass is 10.0. The van der Waals surface area contributed by atoms with Crippen molar-refractivity contribution in [3.63, 3.8) is 0 Å². The fourth-order valence-electron chi connectivity index (χ4n) is 12.6. The third-order valence-electron chi connectivity index (χ3n) is 18.5. The van der Waals surface area contributed by atoms with Crippen LogP contribution in [-0.4, -0.2) is 118 Å². The number of nitrogens with one attached hydrogen (secondary N) is 2. The van der Waals surface area contributed by atoms with Crippen molar-refractivity contribution in [3.05, 3.63) is 97.2 Å². The third kappa shape index (κ3) is 59.8. The maximum Gasteiger partial charge on any atom is 0.243 e. The molecule has 6 N–H and O–H groups in total. The van der Waals surface area contributed by atoms with Crippen molar-refractivity contribution in [2.45, 2.75) is 385 Å². The largest absolute Gasteiger partial charge is 0.392 e. The molecule has 0 aromatic carbocycles. The van der Waals surface area contributed by atoms with E-state index in [1.807, 2.05) is 0 Å². The van der Waals surface area contributed by atoms with Crippen LogP contribution in [0.3, 0.4) is 0 Å². The summed E-state index contributed by atoms with van der Waals surface area (Å²) in [6, 6.07) is -1.15. The molecule has 0 aromatic heterocycles. The first-order valence-electron chi connectivity index (χ1n) is 40.1. The van der Waals surface area contributed by atoms with Gasteiger partial charge in [0.2, 0.25) is 11.8 Å². The Hall–Kier alpha value is -3.38. The Morgan fingerprint density at radius 3 is 0.723 bits per heavy atom. The highest BCUT2D eigenvalue weighted by atomic mass is 16.3. The number of hydrogen-bond acceptors (Lipinski definition) is 8. The summed E-state index contributed by atoms with van der Waals surface area (Å²) >= 11 is 0. The molecule has 1 saturated heterocycles. The van der Waals surface area contributed by atoms with Crippen LogP contribution in [0.4, 0.5) is 0 Å². The van der Waals surface area contributed by atoms with E-state index in [2.05, 4.69) is 145 Å². The van der Waals surface area contributed by atoms with Crippen LogP contribution in [0.15, 0.2) is 97.2 Å². The van der Waals surface area contributed by atoms with Gasteiger partial charge in [0.1, 0.15) is 12.1 Å². The fourth-order valence-corrected chi connectivity index (χ4v) is 12.6. The number of amides is 2. The molecule has 0 radical (unpaired) electrons. The van der Waals surface area contributed by atoms with Crippen LogP contribution < -0.4 is 10.6 Å². The Morgan fingerprint density at radius 1 is 0.287 bits per heavy atom. The lowest BCUT2D eigenvalue weighted by molar-refractivity contribution is -0.137. The molecule has 6 unspecified atom stereocenters. The molecule has 0 aromatic rings. The molecule has 0 aliphatic carbocycles. The highest BCUT2D eigenvalue weighted by molar-refractivity contribution is 5.96. The van der Waals surface area contributed by atoms with Gasteiger partial charge in [-0.05, 0) is 206 Å². The summed E-state index contributed by atoms with van der Waals surface area (Å²) in [6.07, 6.45) is 88.6. The van der Waals surface area contributed by atoms with Crippen molar-refractivity contribution < 1.29 is 30.0 Å². The van der Waals surface area contributed by atoms with Gasteiger partial charge >= 0.3 is 0 Å². The van der Waals surface area contributed by atoms with Gasteiger partial charge in [-0.1, -0.05) is 253 Å². The first-order chi connectivity index (χ1) is 46.1. The quantitative estimate of drug-likeness (QED) is 0.0261. The number of hydrogen-bond donors (Lipinski definition) is 6. The standard InChI is InChI=1S/C84H152N4O6/c1-5-9-13-17-21-25-29-33-37-41-45-49-53-57-65-77(89)73-87(74-78(90)66-58-54-50-46-42-38-34-30-26-22-18-14-10-6-2)71-63-61-69-81-83(93)86-82(84(94)85-81)70-62-64-72-88(75-79(91)67-59-55-51-47-43-39-35-31-27-23-19-15-11-7-3)76-80(92)68-60-56-52-48-44-40-36-32-28-24-20-16-12-8-4/h21-28,33-40,77-82,89-92H,5-20,29-32,41-76H2,1-4H3,(H,85,94)(H,86,93). The predicted molar refractivity (Wildman–Crippen MR) is 407 cm³/mol. The number of unbranched alkanes of at least 4 members (excludes halogenated alkanes) is 30. The van der Waals surface area contributed by atoms with E-state index in [0.717, 1.165) is 193 Å². The van der Waals surface area contributed by atoms with Gasteiger partial charge in [-0.15, -0.1) is 0 Å². The van der Waals surface area contributed by atoms with Gasteiger partial charge in [-0.25, -0.2) is 0 Å². The van der Waals surface area contributed by atoms with Crippen molar-refractivity contribution >= 4 is 11.8 Å². The Bertz CT molecular complexity index is 1670. The van der Waals surface area contributed by atoms with E-state index in [0.29, 0.717) is 39.0 Å². The predicted octanol–water partition coefficient (Wildman–Crippen LogP) is 21.1. The Kier molecular flexibility index (Phi) is 65.5. The van der Waals surface area contributed by atoms with Crippen LogP contribution in [-0.2, 0) is 9.59 Å². The number of nitrogens with zero attached hydrogens (tertiary/aromatic N) is 2. The number of aliphatic hydroxyl groups is 4. The minimum atomic E-state index is -0.574. The van der Waals surface area contributed by atoms with Crippen LogP contribution in [0, 0.1) is 0 Å². The zero-order valence-corrected chi connectivity index (χ0v) is 61.8. The maximum absolute atomic E-state index is 13.5. The number of rotatable bonds is 70. The van der Waals surface area contributed by atoms with E-state index < -0.39 is 36.5 Å². The summed E-state index contributed by atoms with van der Waals surface area (Å²) in [5.74, 6) is -0.254. The molecule has 94 heavy (non-hydrogen) atoms. The molecule has 1 fully saturated rings. The first-order valence-corrected chi connectivity index (χ1v) is 40.1. The number of aliphatic hydroxyl groups excluding tert-OH is 4. The molecular weight excluding hydrogens is 1160 g/mol. The second-order valence-electron chi connectivity index (χ2n) is 27.9. The average molecular weight is 1310 g/mol. The topological polar surface area (TPSA) is 146 Å². The van der Waals surface area contributed by atoms with Crippen molar-refractivity contribution in [3.8, 4) is 0 Å². The smallest absolute Gasteiger partial charge is 0.243 e. The van der Waals surface area contributed by atoms with E-state index in [-0.39, 0.29) is 11.8 Å². The molecule has 10 heteroatoms. The monoisotopic (exact) mass is 1310 g/mol. The normalized spacial score (nSPS) is 16.4. The molecule has 0 saturated carbocycles. The van der Waals surface area contributed by atoms with Gasteiger partial charge in [0.25, 0.3) is 0 Å². The van der Waals surface area contributed by atoms with E-state index in [1.54, 1.807) is 0 Å². The number of carbonyl (C=O) groups excluding carboxylic acids is 2. The lowest BCUT2D eigenvalue weighted by Gasteiger charge is -2.31. The van der Waals surface area contributed by atoms with Gasteiger partial charge < -0.3 is 31.1 Å². The number of carbonyl (C=O) groups is 2. The van der Waals surface area contributed by atoms with Crippen LogP contribution in [0.2, 0.25) is 0 Å². The minimum absolute atomic E-state index is 0.127. The summed E-state index contributed by atoms with van der Waals surface area (Å²) in [7, 11) is 0. The van der Waals surface area contributed by atoms with Crippen LogP contribution in [0.1, 0.15) is 349 Å². The van der Waals surface area contributed by atoms with Crippen molar-refractivity contribution in [2.24, 2.45) is 0 Å². The van der Waals surface area contributed by atoms with E-state index in [1.165, 1.54) is 128 Å².